The molecule has 6 heteroatoms. The van der Waals surface area contributed by atoms with Crippen LogP contribution in [0, 0.1) is 0 Å². The van der Waals surface area contributed by atoms with Crippen molar-refractivity contribution in [2.45, 2.75) is 5.16 Å². The summed E-state index contributed by atoms with van der Waals surface area (Å²) in [5.41, 5.74) is 0.358. The van der Waals surface area contributed by atoms with Crippen molar-refractivity contribution in [2.75, 3.05) is 5.75 Å². The van der Waals surface area contributed by atoms with E-state index in [0.29, 0.717) is 15.7 Å². The Morgan fingerprint density at radius 3 is 2.67 bits per heavy atom. The van der Waals surface area contributed by atoms with Crippen molar-refractivity contribution >= 4 is 29.1 Å². The zero-order valence-electron chi connectivity index (χ0n) is 9.22. The number of aromatic nitrogens is 2. The Bertz CT molecular complexity index is 610. The topological polar surface area (TPSA) is 62.8 Å². The molecule has 0 aliphatic rings. The van der Waals surface area contributed by atoms with Crippen molar-refractivity contribution in [2.24, 2.45) is 0 Å². The summed E-state index contributed by atoms with van der Waals surface area (Å²) in [5.74, 6) is 0.178. The Kier molecular flexibility index (Phi) is 4.17. The van der Waals surface area contributed by atoms with Crippen LogP contribution in [0.1, 0.15) is 10.4 Å². The third-order valence-electron chi connectivity index (χ3n) is 2.15. The fourth-order valence-corrected chi connectivity index (χ4v) is 2.15. The van der Waals surface area contributed by atoms with Crippen LogP contribution in [0.15, 0.2) is 46.5 Å². The van der Waals surface area contributed by atoms with Gasteiger partial charge in [0.05, 0.1) is 5.75 Å². The number of Topliss-reactive ketones (excluding diaryl/α,β-unsaturated/α-hetero) is 1. The van der Waals surface area contributed by atoms with E-state index in [4.69, 9.17) is 11.6 Å². The first-order valence-corrected chi connectivity index (χ1v) is 6.48. The molecule has 1 aromatic heterocycles. The average Bonchev–Trinajstić information content (AvgIpc) is 2.37. The molecule has 0 saturated carbocycles. The summed E-state index contributed by atoms with van der Waals surface area (Å²) < 4.78 is 0. The van der Waals surface area contributed by atoms with Gasteiger partial charge in [0.15, 0.2) is 10.9 Å². The molecule has 0 atom stereocenters. The summed E-state index contributed by atoms with van der Waals surface area (Å²) >= 11 is 6.93. The number of ketones is 1. The Labute approximate surface area is 112 Å². The molecule has 1 N–H and O–H groups in total. The molecule has 18 heavy (non-hydrogen) atoms. The van der Waals surface area contributed by atoms with Crippen molar-refractivity contribution in [1.82, 2.24) is 9.97 Å². The molecule has 0 amide bonds. The number of hydrogen-bond donors (Lipinski definition) is 1. The fraction of sp³-hybridized carbons (Fsp3) is 0.0833. The van der Waals surface area contributed by atoms with Gasteiger partial charge in [0.1, 0.15) is 0 Å². The van der Waals surface area contributed by atoms with Crippen LogP contribution in [0.25, 0.3) is 0 Å². The van der Waals surface area contributed by atoms with Gasteiger partial charge in [-0.25, -0.2) is 4.98 Å². The SMILES string of the molecule is O=C(CSc1nccc(=O)[nH]1)c1ccc(Cl)cc1. The largest absolute Gasteiger partial charge is 0.301 e. The van der Waals surface area contributed by atoms with E-state index < -0.39 is 0 Å². The molecule has 4 nitrogen and oxygen atoms in total. The van der Waals surface area contributed by atoms with E-state index in [0.717, 1.165) is 0 Å². The van der Waals surface area contributed by atoms with Crippen molar-refractivity contribution < 1.29 is 4.79 Å². The van der Waals surface area contributed by atoms with E-state index >= 15 is 0 Å². The number of H-pyrrole nitrogens is 1. The van der Waals surface area contributed by atoms with Crippen molar-refractivity contribution in [3.63, 3.8) is 0 Å². The number of aromatic amines is 1. The number of nitrogens with one attached hydrogen (secondary N) is 1. The number of carbonyl (C=O) groups is 1. The normalized spacial score (nSPS) is 10.3. The first-order chi connectivity index (χ1) is 8.65. The summed E-state index contributed by atoms with van der Waals surface area (Å²) in [6.07, 6.45) is 1.41. The van der Waals surface area contributed by atoms with E-state index in [-0.39, 0.29) is 17.1 Å². The minimum Gasteiger partial charge on any atom is -0.301 e. The number of hydrogen-bond acceptors (Lipinski definition) is 4. The van der Waals surface area contributed by atoms with Crippen LogP contribution in [0.4, 0.5) is 0 Å². The lowest BCUT2D eigenvalue weighted by atomic mass is 10.1. The first kappa shape index (κ1) is 12.9. The predicted octanol–water partition coefficient (Wildman–Crippen LogP) is 2.40. The summed E-state index contributed by atoms with van der Waals surface area (Å²) in [4.78, 5) is 29.4. The molecule has 0 spiro atoms. The second-order valence-electron chi connectivity index (χ2n) is 3.46. The molecule has 1 heterocycles. The Morgan fingerprint density at radius 2 is 2.00 bits per heavy atom. The molecule has 92 valence electrons. The van der Waals surface area contributed by atoms with E-state index in [1.54, 1.807) is 24.3 Å². The van der Waals surface area contributed by atoms with E-state index in [2.05, 4.69) is 9.97 Å². The van der Waals surface area contributed by atoms with Crippen molar-refractivity contribution in [3.05, 3.63) is 57.5 Å². The molecule has 2 rings (SSSR count). The first-order valence-electron chi connectivity index (χ1n) is 5.12. The molecule has 0 aliphatic carbocycles. The maximum absolute atomic E-state index is 11.8. The van der Waals surface area contributed by atoms with Crippen LogP contribution in [-0.2, 0) is 0 Å². The minimum atomic E-state index is -0.230. The van der Waals surface area contributed by atoms with E-state index in [9.17, 15) is 9.59 Å². The maximum atomic E-state index is 11.8. The second-order valence-corrected chi connectivity index (χ2v) is 4.86. The number of halogens is 1. The third-order valence-corrected chi connectivity index (χ3v) is 3.29. The Hall–Kier alpha value is -1.59. The van der Waals surface area contributed by atoms with Gasteiger partial charge in [-0.2, -0.15) is 0 Å². The standard InChI is InChI=1S/C12H9ClN2O2S/c13-9-3-1-8(2-4-9)10(16)7-18-12-14-6-5-11(17)15-12/h1-6H,7H2,(H,14,15,17). The van der Waals surface area contributed by atoms with Gasteiger partial charge < -0.3 is 4.98 Å². The van der Waals surface area contributed by atoms with Gasteiger partial charge in [0.25, 0.3) is 5.56 Å². The van der Waals surface area contributed by atoms with Crippen LogP contribution < -0.4 is 5.56 Å². The molecule has 0 unspecified atom stereocenters. The van der Waals surface area contributed by atoms with Gasteiger partial charge >= 0.3 is 0 Å². The predicted molar refractivity (Wildman–Crippen MR) is 71.4 cm³/mol. The van der Waals surface area contributed by atoms with Crippen molar-refractivity contribution in [3.8, 4) is 0 Å². The highest BCUT2D eigenvalue weighted by Gasteiger charge is 2.07. The van der Waals surface area contributed by atoms with Crippen molar-refractivity contribution in [1.29, 1.82) is 0 Å². The number of rotatable bonds is 4. The maximum Gasteiger partial charge on any atom is 0.251 e. The van der Waals surface area contributed by atoms with Crippen LogP contribution in [-0.4, -0.2) is 21.5 Å². The quantitative estimate of drug-likeness (QED) is 0.531. The zero-order valence-corrected chi connectivity index (χ0v) is 10.8. The molecule has 1 aromatic carbocycles. The Morgan fingerprint density at radius 1 is 1.28 bits per heavy atom. The number of thioether (sulfide) groups is 1. The molecular weight excluding hydrogens is 272 g/mol. The summed E-state index contributed by atoms with van der Waals surface area (Å²) in [6, 6.07) is 8.01. The van der Waals surface area contributed by atoms with Crippen LogP contribution in [0.2, 0.25) is 5.02 Å². The third kappa shape index (κ3) is 3.45. The molecule has 2 aromatic rings. The molecule has 0 bridgehead atoms. The number of benzene rings is 1. The van der Waals surface area contributed by atoms with Gasteiger partial charge in [0.2, 0.25) is 0 Å². The van der Waals surface area contributed by atoms with Gasteiger partial charge in [-0.1, -0.05) is 23.4 Å². The van der Waals surface area contributed by atoms with Crippen LogP contribution in [0.3, 0.4) is 0 Å². The van der Waals surface area contributed by atoms with Crippen LogP contribution in [0.5, 0.6) is 0 Å². The second kappa shape index (κ2) is 5.84. The molecule has 0 fully saturated rings. The van der Waals surface area contributed by atoms with E-state index in [1.807, 2.05) is 0 Å². The Balaban J connectivity index is 2.00. The van der Waals surface area contributed by atoms with Gasteiger partial charge in [-0.3, -0.25) is 9.59 Å². The summed E-state index contributed by atoms with van der Waals surface area (Å²) in [7, 11) is 0. The van der Waals surface area contributed by atoms with E-state index in [1.165, 1.54) is 24.0 Å². The summed E-state index contributed by atoms with van der Waals surface area (Å²) in [6.45, 7) is 0. The van der Waals surface area contributed by atoms with Crippen LogP contribution >= 0.6 is 23.4 Å². The van der Waals surface area contributed by atoms with Gasteiger partial charge in [-0.15, -0.1) is 0 Å². The molecule has 0 saturated heterocycles. The monoisotopic (exact) mass is 280 g/mol. The summed E-state index contributed by atoms with van der Waals surface area (Å²) in [5, 5.41) is 1.03. The smallest absolute Gasteiger partial charge is 0.251 e. The van der Waals surface area contributed by atoms with Gasteiger partial charge in [0, 0.05) is 22.8 Å². The molecular formula is C12H9ClN2O2S. The highest BCUT2D eigenvalue weighted by Crippen LogP contribution is 2.15. The zero-order chi connectivity index (χ0) is 13.0. The lowest BCUT2D eigenvalue weighted by Gasteiger charge is -2.00. The lowest BCUT2D eigenvalue weighted by Crippen LogP contribution is -2.07. The fourth-order valence-electron chi connectivity index (χ4n) is 1.28. The highest BCUT2D eigenvalue weighted by atomic mass is 35.5. The molecule has 0 radical (unpaired) electrons. The number of carbonyl (C=O) groups excluding carboxylic acids is 1. The van der Waals surface area contributed by atoms with Gasteiger partial charge in [-0.05, 0) is 24.3 Å². The minimum absolute atomic E-state index is 0.0387. The highest BCUT2D eigenvalue weighted by molar-refractivity contribution is 7.99. The number of nitrogens with zero attached hydrogens (tertiary/aromatic N) is 1. The lowest BCUT2D eigenvalue weighted by molar-refractivity contribution is 0.102. The average molecular weight is 281 g/mol. The molecule has 0 aliphatic heterocycles.